The highest BCUT2D eigenvalue weighted by Crippen LogP contribution is 2.30. The largest absolute Gasteiger partial charge is 0.484 e. The van der Waals surface area contributed by atoms with Crippen LogP contribution in [-0.4, -0.2) is 27.5 Å². The number of carbonyl (C=O) groups is 1. The van der Waals surface area contributed by atoms with E-state index in [1.807, 2.05) is 10.9 Å². The molecule has 0 unspecified atom stereocenters. The minimum atomic E-state index is -0.594. The maximum absolute atomic E-state index is 13.3. The summed E-state index contributed by atoms with van der Waals surface area (Å²) in [6.45, 7) is 3.60. The number of aromatic nitrogens is 3. The Hall–Kier alpha value is -2.41. The topological polar surface area (TPSA) is 69.0 Å². The molecule has 8 heteroatoms. The van der Waals surface area contributed by atoms with Gasteiger partial charge in [-0.1, -0.05) is 23.4 Å². The predicted molar refractivity (Wildman–Crippen MR) is 95.4 cm³/mol. The average molecular weight is 379 g/mol. The number of rotatable bonds is 8. The molecule has 0 bridgehead atoms. The van der Waals surface area contributed by atoms with Crippen LogP contribution in [-0.2, 0) is 11.2 Å². The normalized spacial score (nSPS) is 13.9. The Morgan fingerprint density at radius 3 is 2.96 bits per heavy atom. The molecule has 0 atom stereocenters. The fourth-order valence-electron chi connectivity index (χ4n) is 2.55. The maximum Gasteiger partial charge on any atom is 0.262 e. The number of amides is 1. The third-order valence-corrected chi connectivity index (χ3v) is 4.57. The number of nitrogens with one attached hydrogen (secondary N) is 1. The summed E-state index contributed by atoms with van der Waals surface area (Å²) in [5, 5.41) is 11.0. The molecular formula is C18H20ClFN4O2. The number of allylic oxidation sites excluding steroid dienone is 1. The van der Waals surface area contributed by atoms with Crippen molar-refractivity contribution >= 4 is 17.5 Å². The highest BCUT2D eigenvalue weighted by molar-refractivity contribution is 6.30. The molecule has 1 aliphatic carbocycles. The monoisotopic (exact) mass is 378 g/mol. The average Bonchev–Trinajstić information content (AvgIpc) is 3.01. The van der Waals surface area contributed by atoms with Crippen LogP contribution in [0.4, 0.5) is 4.39 Å². The molecule has 1 aromatic heterocycles. The van der Waals surface area contributed by atoms with Gasteiger partial charge in [-0.05, 0) is 44.2 Å². The molecule has 1 N–H and O–H groups in total. The van der Waals surface area contributed by atoms with Gasteiger partial charge in [-0.2, -0.15) is 0 Å². The summed E-state index contributed by atoms with van der Waals surface area (Å²) in [5.41, 5.74) is 1.44. The lowest BCUT2D eigenvalue weighted by Gasteiger charge is -2.24. The summed E-state index contributed by atoms with van der Waals surface area (Å²) in [6, 6.07) is 4.49. The number of nitrogens with zero attached hydrogens (tertiary/aromatic N) is 3. The Morgan fingerprint density at radius 1 is 1.46 bits per heavy atom. The number of aryl methyl sites for hydroxylation is 1. The molecule has 3 rings (SSSR count). The minimum Gasteiger partial charge on any atom is -0.484 e. The standard InChI is InChI=1S/C18H20ClFN4O2/c1-12(5-6-13-10-24(23-22-13)14-3-2-4-14)21-18(25)11-26-15-7-8-16(19)17(20)9-15/h7-10,14H,1-6,11H2,(H,21,25). The lowest BCUT2D eigenvalue weighted by molar-refractivity contribution is -0.122. The van der Waals surface area contributed by atoms with Crippen molar-refractivity contribution in [2.75, 3.05) is 6.61 Å². The van der Waals surface area contributed by atoms with Gasteiger partial charge in [0.25, 0.3) is 5.91 Å². The Balaban J connectivity index is 1.39. The van der Waals surface area contributed by atoms with Gasteiger partial charge in [0.1, 0.15) is 11.6 Å². The van der Waals surface area contributed by atoms with Gasteiger partial charge in [0.15, 0.2) is 6.61 Å². The minimum absolute atomic E-state index is 0.00409. The van der Waals surface area contributed by atoms with E-state index in [2.05, 4.69) is 22.2 Å². The van der Waals surface area contributed by atoms with Crippen molar-refractivity contribution in [2.45, 2.75) is 38.1 Å². The zero-order valence-electron chi connectivity index (χ0n) is 14.3. The molecule has 1 amide bonds. The molecule has 0 spiro atoms. The second-order valence-electron chi connectivity index (χ2n) is 6.29. The fourth-order valence-corrected chi connectivity index (χ4v) is 2.67. The van der Waals surface area contributed by atoms with E-state index in [-0.39, 0.29) is 23.3 Å². The molecule has 1 aliphatic rings. The second-order valence-corrected chi connectivity index (χ2v) is 6.70. The third-order valence-electron chi connectivity index (χ3n) is 4.27. The number of ether oxygens (including phenoxy) is 1. The molecule has 0 aliphatic heterocycles. The highest BCUT2D eigenvalue weighted by Gasteiger charge is 2.20. The van der Waals surface area contributed by atoms with E-state index in [0.29, 0.717) is 24.6 Å². The van der Waals surface area contributed by atoms with Gasteiger partial charge in [-0.25, -0.2) is 9.07 Å². The molecule has 1 aromatic carbocycles. The predicted octanol–water partition coefficient (Wildman–Crippen LogP) is 3.44. The quantitative estimate of drug-likeness (QED) is 0.764. The van der Waals surface area contributed by atoms with Crippen LogP contribution in [0.2, 0.25) is 5.02 Å². The lowest BCUT2D eigenvalue weighted by atomic mass is 9.93. The van der Waals surface area contributed by atoms with Crippen LogP contribution in [0.3, 0.4) is 0 Å². The molecule has 1 heterocycles. The van der Waals surface area contributed by atoms with Crippen LogP contribution < -0.4 is 10.1 Å². The number of carbonyl (C=O) groups excluding carboxylic acids is 1. The molecule has 0 radical (unpaired) electrons. The van der Waals surface area contributed by atoms with Crippen LogP contribution in [0.25, 0.3) is 0 Å². The summed E-state index contributed by atoms with van der Waals surface area (Å²) in [7, 11) is 0. The van der Waals surface area contributed by atoms with Crippen molar-refractivity contribution in [3.63, 3.8) is 0 Å². The van der Waals surface area contributed by atoms with E-state index >= 15 is 0 Å². The number of hydrogen-bond donors (Lipinski definition) is 1. The molecule has 1 saturated carbocycles. The van der Waals surface area contributed by atoms with Gasteiger partial charge >= 0.3 is 0 Å². The maximum atomic E-state index is 13.3. The summed E-state index contributed by atoms with van der Waals surface area (Å²) < 4.78 is 20.5. The van der Waals surface area contributed by atoms with E-state index in [9.17, 15) is 9.18 Å². The van der Waals surface area contributed by atoms with Crippen LogP contribution >= 0.6 is 11.6 Å². The molecule has 1 fully saturated rings. The summed E-state index contributed by atoms with van der Waals surface area (Å²) in [4.78, 5) is 11.9. The van der Waals surface area contributed by atoms with Crippen molar-refractivity contribution in [2.24, 2.45) is 0 Å². The van der Waals surface area contributed by atoms with Crippen molar-refractivity contribution in [1.29, 1.82) is 0 Å². The van der Waals surface area contributed by atoms with Crippen molar-refractivity contribution in [3.8, 4) is 5.75 Å². The number of hydrogen-bond acceptors (Lipinski definition) is 4. The van der Waals surface area contributed by atoms with Gasteiger partial charge in [-0.15, -0.1) is 5.10 Å². The Bertz CT molecular complexity index is 804. The first kappa shape index (κ1) is 18.4. The fraction of sp³-hybridized carbons (Fsp3) is 0.389. The van der Waals surface area contributed by atoms with Crippen molar-refractivity contribution < 1.29 is 13.9 Å². The SMILES string of the molecule is C=C(CCc1cn(C2CCC2)nn1)NC(=O)COc1ccc(Cl)c(F)c1. The Kier molecular flexibility index (Phi) is 5.88. The van der Waals surface area contributed by atoms with E-state index in [1.54, 1.807) is 0 Å². The van der Waals surface area contributed by atoms with Gasteiger partial charge in [-0.3, -0.25) is 4.79 Å². The zero-order valence-corrected chi connectivity index (χ0v) is 15.0. The van der Waals surface area contributed by atoms with Gasteiger partial charge in [0.2, 0.25) is 0 Å². The number of benzene rings is 1. The van der Waals surface area contributed by atoms with E-state index in [0.717, 1.165) is 24.6 Å². The first-order valence-corrected chi connectivity index (χ1v) is 8.85. The highest BCUT2D eigenvalue weighted by atomic mass is 35.5. The van der Waals surface area contributed by atoms with Gasteiger partial charge in [0, 0.05) is 18.0 Å². The van der Waals surface area contributed by atoms with Gasteiger partial charge < -0.3 is 10.1 Å². The van der Waals surface area contributed by atoms with E-state index in [4.69, 9.17) is 16.3 Å². The summed E-state index contributed by atoms with van der Waals surface area (Å²) >= 11 is 5.60. The lowest BCUT2D eigenvalue weighted by Crippen LogP contribution is -2.28. The molecule has 26 heavy (non-hydrogen) atoms. The second kappa shape index (κ2) is 8.31. The van der Waals surface area contributed by atoms with E-state index in [1.165, 1.54) is 18.6 Å². The number of halogens is 2. The summed E-state index contributed by atoms with van der Waals surface area (Å²) in [6.07, 6.45) is 6.72. The first-order valence-electron chi connectivity index (χ1n) is 8.47. The van der Waals surface area contributed by atoms with E-state index < -0.39 is 5.82 Å². The van der Waals surface area contributed by atoms with Gasteiger partial charge in [0.05, 0.1) is 16.8 Å². The Morgan fingerprint density at radius 2 is 2.27 bits per heavy atom. The Labute approximate surface area is 156 Å². The first-order chi connectivity index (χ1) is 12.5. The smallest absolute Gasteiger partial charge is 0.262 e. The van der Waals surface area contributed by atoms with Crippen molar-refractivity contribution in [1.82, 2.24) is 20.3 Å². The molecule has 6 nitrogen and oxygen atoms in total. The molecule has 138 valence electrons. The van der Waals surface area contributed by atoms with Crippen LogP contribution in [0.1, 0.15) is 37.4 Å². The molecule has 0 saturated heterocycles. The van der Waals surface area contributed by atoms with Crippen LogP contribution in [0.5, 0.6) is 5.75 Å². The van der Waals surface area contributed by atoms with Crippen molar-refractivity contribution in [3.05, 3.63) is 53.2 Å². The zero-order chi connectivity index (χ0) is 18.5. The summed E-state index contributed by atoms with van der Waals surface area (Å²) in [5.74, 6) is -0.715. The van der Waals surface area contributed by atoms with Crippen LogP contribution in [0, 0.1) is 5.82 Å². The van der Waals surface area contributed by atoms with Crippen LogP contribution in [0.15, 0.2) is 36.7 Å². The third kappa shape index (κ3) is 4.82. The molecular weight excluding hydrogens is 359 g/mol. The molecule has 2 aromatic rings.